The van der Waals surface area contributed by atoms with Crippen LogP contribution in [0.15, 0.2) is 54.7 Å². The molecule has 2 amide bonds. The standard InChI is InChI=1S/C23H21ClN4O3/c1-31-23(30)27-17-6-2-13(3-7-17)22(29)28-20-9-4-14-10-15(12-26-21(14)20)18-11-16(24)5-8-19(18)25/h2-3,5-8,10-12,20H,4,9,25H2,1H3,(H,27,30)(H,28,29). The summed E-state index contributed by atoms with van der Waals surface area (Å²) in [5, 5.41) is 6.21. The molecule has 4 N–H and O–H groups in total. The van der Waals surface area contributed by atoms with Crippen LogP contribution in [-0.4, -0.2) is 24.1 Å². The van der Waals surface area contributed by atoms with Crippen molar-refractivity contribution in [3.63, 3.8) is 0 Å². The second kappa shape index (κ2) is 8.65. The zero-order valence-corrected chi connectivity index (χ0v) is 17.6. The third kappa shape index (κ3) is 4.46. The predicted octanol–water partition coefficient (Wildman–Crippen LogP) is 4.58. The van der Waals surface area contributed by atoms with Crippen LogP contribution in [0, 0.1) is 0 Å². The van der Waals surface area contributed by atoms with E-state index in [1.54, 1.807) is 42.6 Å². The van der Waals surface area contributed by atoms with Crippen molar-refractivity contribution in [2.24, 2.45) is 0 Å². The largest absolute Gasteiger partial charge is 0.453 e. The van der Waals surface area contributed by atoms with Crippen LogP contribution in [0.1, 0.15) is 34.1 Å². The van der Waals surface area contributed by atoms with E-state index in [4.69, 9.17) is 17.3 Å². The maximum absolute atomic E-state index is 12.7. The van der Waals surface area contributed by atoms with Gasteiger partial charge in [-0.2, -0.15) is 0 Å². The Hall–Kier alpha value is -3.58. The van der Waals surface area contributed by atoms with Crippen molar-refractivity contribution in [3.8, 4) is 11.1 Å². The molecule has 1 aliphatic rings. The molecule has 1 aromatic heterocycles. The lowest BCUT2D eigenvalue weighted by molar-refractivity contribution is 0.0936. The van der Waals surface area contributed by atoms with Gasteiger partial charge < -0.3 is 15.8 Å². The van der Waals surface area contributed by atoms with Gasteiger partial charge in [-0.3, -0.25) is 15.1 Å². The molecule has 7 nitrogen and oxygen atoms in total. The number of halogens is 1. The molecule has 4 rings (SSSR count). The van der Waals surface area contributed by atoms with Gasteiger partial charge in [0.1, 0.15) is 0 Å². The van der Waals surface area contributed by atoms with Gasteiger partial charge in [-0.25, -0.2) is 4.79 Å². The third-order valence-corrected chi connectivity index (χ3v) is 5.48. The van der Waals surface area contributed by atoms with Gasteiger partial charge in [0, 0.05) is 39.3 Å². The Labute approximate surface area is 184 Å². The molecule has 2 aromatic carbocycles. The van der Waals surface area contributed by atoms with Crippen molar-refractivity contribution in [2.45, 2.75) is 18.9 Å². The summed E-state index contributed by atoms with van der Waals surface area (Å²) in [6.07, 6.45) is 2.77. The maximum atomic E-state index is 12.7. The lowest BCUT2D eigenvalue weighted by Crippen LogP contribution is -2.27. The minimum Gasteiger partial charge on any atom is -0.453 e. The fourth-order valence-corrected chi connectivity index (χ4v) is 3.83. The van der Waals surface area contributed by atoms with Gasteiger partial charge in [-0.05, 0) is 66.9 Å². The number of nitrogens with zero attached hydrogens (tertiary/aromatic N) is 1. The van der Waals surface area contributed by atoms with Crippen LogP contribution < -0.4 is 16.4 Å². The SMILES string of the molecule is COC(=O)Nc1ccc(C(=O)NC2CCc3cc(-c4cc(Cl)ccc4N)cnc32)cc1. The summed E-state index contributed by atoms with van der Waals surface area (Å²) >= 11 is 6.11. The van der Waals surface area contributed by atoms with Gasteiger partial charge >= 0.3 is 6.09 Å². The van der Waals surface area contributed by atoms with Crippen molar-refractivity contribution in [1.82, 2.24) is 10.3 Å². The normalized spacial score (nSPS) is 14.6. The van der Waals surface area contributed by atoms with Gasteiger partial charge in [0.15, 0.2) is 0 Å². The summed E-state index contributed by atoms with van der Waals surface area (Å²) in [6.45, 7) is 0. The van der Waals surface area contributed by atoms with E-state index in [1.807, 2.05) is 6.07 Å². The van der Waals surface area contributed by atoms with Crippen LogP contribution in [0.3, 0.4) is 0 Å². The second-order valence-electron chi connectivity index (χ2n) is 7.26. The van der Waals surface area contributed by atoms with Crippen molar-refractivity contribution in [3.05, 3.63) is 76.6 Å². The number of aryl methyl sites for hydroxylation is 1. The molecule has 1 heterocycles. The molecular weight excluding hydrogens is 416 g/mol. The predicted molar refractivity (Wildman–Crippen MR) is 120 cm³/mol. The summed E-state index contributed by atoms with van der Waals surface area (Å²) in [4.78, 5) is 28.6. The molecule has 0 radical (unpaired) electrons. The average Bonchev–Trinajstić information content (AvgIpc) is 3.17. The Morgan fingerprint density at radius 2 is 1.94 bits per heavy atom. The number of anilines is 2. The number of benzene rings is 2. The molecule has 0 saturated heterocycles. The highest BCUT2D eigenvalue weighted by molar-refractivity contribution is 6.31. The number of pyridine rings is 1. The molecule has 0 spiro atoms. The quantitative estimate of drug-likeness (QED) is 0.519. The minimum absolute atomic E-state index is 0.166. The van der Waals surface area contributed by atoms with E-state index < -0.39 is 6.09 Å². The zero-order chi connectivity index (χ0) is 22.0. The van der Waals surface area contributed by atoms with Crippen LogP contribution in [0.2, 0.25) is 5.02 Å². The zero-order valence-electron chi connectivity index (χ0n) is 16.8. The number of ether oxygens (including phenoxy) is 1. The monoisotopic (exact) mass is 436 g/mol. The summed E-state index contributed by atoms with van der Waals surface area (Å²) < 4.78 is 4.55. The lowest BCUT2D eigenvalue weighted by atomic mass is 10.0. The Morgan fingerprint density at radius 3 is 2.68 bits per heavy atom. The lowest BCUT2D eigenvalue weighted by Gasteiger charge is -2.14. The smallest absolute Gasteiger partial charge is 0.411 e. The molecule has 0 bridgehead atoms. The molecular formula is C23H21ClN4O3. The van der Waals surface area contributed by atoms with E-state index in [9.17, 15) is 9.59 Å². The molecule has 0 fully saturated rings. The summed E-state index contributed by atoms with van der Waals surface area (Å²) in [5.41, 5.74) is 11.5. The second-order valence-corrected chi connectivity index (χ2v) is 7.70. The number of methoxy groups -OCH3 is 1. The number of fused-ring (bicyclic) bond motifs is 1. The third-order valence-electron chi connectivity index (χ3n) is 5.24. The highest BCUT2D eigenvalue weighted by Gasteiger charge is 2.26. The number of nitrogens with two attached hydrogens (primary N) is 1. The molecule has 1 unspecified atom stereocenters. The number of hydrogen-bond donors (Lipinski definition) is 3. The molecule has 31 heavy (non-hydrogen) atoms. The Bertz CT molecular complexity index is 1150. The minimum atomic E-state index is -0.565. The topological polar surface area (TPSA) is 106 Å². The summed E-state index contributed by atoms with van der Waals surface area (Å²) in [7, 11) is 1.29. The van der Waals surface area contributed by atoms with Gasteiger partial charge in [0.05, 0.1) is 18.8 Å². The maximum Gasteiger partial charge on any atom is 0.411 e. The highest BCUT2D eigenvalue weighted by atomic mass is 35.5. The van der Waals surface area contributed by atoms with E-state index in [-0.39, 0.29) is 11.9 Å². The van der Waals surface area contributed by atoms with Crippen molar-refractivity contribution < 1.29 is 14.3 Å². The van der Waals surface area contributed by atoms with E-state index in [1.165, 1.54) is 7.11 Å². The number of hydrogen-bond acceptors (Lipinski definition) is 5. The Balaban J connectivity index is 1.48. The first kappa shape index (κ1) is 20.7. The summed E-state index contributed by atoms with van der Waals surface area (Å²) in [6, 6.07) is 13.8. The number of nitrogens with one attached hydrogen (secondary N) is 2. The number of amides is 2. The van der Waals surface area contributed by atoms with Crippen LogP contribution in [-0.2, 0) is 11.2 Å². The molecule has 0 aliphatic heterocycles. The van der Waals surface area contributed by atoms with Gasteiger partial charge in [-0.15, -0.1) is 0 Å². The first-order chi connectivity index (χ1) is 14.9. The Morgan fingerprint density at radius 1 is 1.16 bits per heavy atom. The number of aromatic nitrogens is 1. The summed E-state index contributed by atoms with van der Waals surface area (Å²) in [5.74, 6) is -0.201. The fraction of sp³-hybridized carbons (Fsp3) is 0.174. The van der Waals surface area contributed by atoms with E-state index in [0.717, 1.165) is 35.2 Å². The van der Waals surface area contributed by atoms with E-state index >= 15 is 0 Å². The molecule has 8 heteroatoms. The van der Waals surface area contributed by atoms with Crippen LogP contribution >= 0.6 is 11.6 Å². The van der Waals surface area contributed by atoms with Crippen LogP contribution in [0.4, 0.5) is 16.2 Å². The Kier molecular flexibility index (Phi) is 5.77. The molecule has 1 aliphatic carbocycles. The van der Waals surface area contributed by atoms with Gasteiger partial charge in [0.25, 0.3) is 5.91 Å². The molecule has 3 aromatic rings. The van der Waals surface area contributed by atoms with E-state index in [2.05, 4.69) is 26.4 Å². The van der Waals surface area contributed by atoms with Crippen molar-refractivity contribution in [2.75, 3.05) is 18.2 Å². The fourth-order valence-electron chi connectivity index (χ4n) is 3.65. The average molecular weight is 437 g/mol. The van der Waals surface area contributed by atoms with Crippen LogP contribution in [0.25, 0.3) is 11.1 Å². The number of rotatable bonds is 4. The van der Waals surface area contributed by atoms with E-state index in [0.29, 0.717) is 22.0 Å². The first-order valence-corrected chi connectivity index (χ1v) is 10.1. The molecule has 158 valence electrons. The first-order valence-electron chi connectivity index (χ1n) is 9.74. The highest BCUT2D eigenvalue weighted by Crippen LogP contribution is 2.35. The van der Waals surface area contributed by atoms with Crippen LogP contribution in [0.5, 0.6) is 0 Å². The number of carbonyl (C=O) groups is 2. The molecule has 0 saturated carbocycles. The van der Waals surface area contributed by atoms with Gasteiger partial charge in [-0.1, -0.05) is 11.6 Å². The van der Waals surface area contributed by atoms with Crippen molar-refractivity contribution >= 4 is 35.0 Å². The van der Waals surface area contributed by atoms with Crippen molar-refractivity contribution in [1.29, 1.82) is 0 Å². The number of carbonyl (C=O) groups excluding carboxylic acids is 2. The number of nitrogen functional groups attached to an aromatic ring is 1. The van der Waals surface area contributed by atoms with Gasteiger partial charge in [0.2, 0.25) is 0 Å². The molecule has 1 atom stereocenters.